The van der Waals surface area contributed by atoms with Crippen molar-refractivity contribution in [2.75, 3.05) is 11.9 Å². The van der Waals surface area contributed by atoms with Gasteiger partial charge in [0.25, 0.3) is 0 Å². The topological polar surface area (TPSA) is 21.3 Å². The van der Waals surface area contributed by atoms with Crippen molar-refractivity contribution < 1.29 is 4.74 Å². The first kappa shape index (κ1) is 14.3. The van der Waals surface area contributed by atoms with Crippen molar-refractivity contribution in [3.05, 3.63) is 63.6 Å². The molecular formula is C19H20BrNO. The van der Waals surface area contributed by atoms with E-state index in [1.807, 2.05) is 0 Å². The average molecular weight is 358 g/mol. The highest BCUT2D eigenvalue weighted by molar-refractivity contribution is 9.10. The van der Waals surface area contributed by atoms with E-state index < -0.39 is 0 Å². The fourth-order valence-electron chi connectivity index (χ4n) is 3.79. The van der Waals surface area contributed by atoms with Crippen LogP contribution < -0.4 is 5.32 Å². The van der Waals surface area contributed by atoms with Crippen LogP contribution in [0.3, 0.4) is 0 Å². The molecule has 0 amide bonds. The van der Waals surface area contributed by atoms with E-state index in [9.17, 15) is 0 Å². The summed E-state index contributed by atoms with van der Waals surface area (Å²) < 4.78 is 7.31. The number of hydrogen-bond donors (Lipinski definition) is 1. The highest BCUT2D eigenvalue weighted by atomic mass is 79.9. The molecule has 1 saturated heterocycles. The maximum Gasteiger partial charge on any atom is 0.0895 e. The van der Waals surface area contributed by atoms with E-state index in [0.29, 0.717) is 12.0 Å². The van der Waals surface area contributed by atoms with Crippen molar-refractivity contribution in [2.45, 2.75) is 31.9 Å². The minimum atomic E-state index is 0.221. The number of nitrogens with one attached hydrogen (secondary N) is 1. The van der Waals surface area contributed by atoms with Gasteiger partial charge in [-0.05, 0) is 43.5 Å². The molecule has 0 radical (unpaired) electrons. The summed E-state index contributed by atoms with van der Waals surface area (Å²) in [6.07, 6.45) is 2.58. The van der Waals surface area contributed by atoms with E-state index >= 15 is 0 Å². The molecule has 1 unspecified atom stereocenters. The summed E-state index contributed by atoms with van der Waals surface area (Å²) in [7, 11) is 0. The van der Waals surface area contributed by atoms with Gasteiger partial charge in [-0.2, -0.15) is 0 Å². The van der Waals surface area contributed by atoms with Crippen molar-refractivity contribution in [3.8, 4) is 0 Å². The molecule has 2 nitrogen and oxygen atoms in total. The number of ether oxygens (including phenoxy) is 1. The lowest BCUT2D eigenvalue weighted by atomic mass is 9.77. The second-order valence-corrected chi connectivity index (χ2v) is 7.28. The van der Waals surface area contributed by atoms with Crippen molar-refractivity contribution in [1.29, 1.82) is 0 Å². The lowest BCUT2D eigenvalue weighted by molar-refractivity contribution is -0.0381. The molecule has 114 valence electrons. The van der Waals surface area contributed by atoms with E-state index in [1.165, 1.54) is 28.8 Å². The molecule has 2 aliphatic rings. The Labute approximate surface area is 140 Å². The Morgan fingerprint density at radius 3 is 2.77 bits per heavy atom. The number of fused-ring (bicyclic) bond motifs is 3. The minimum absolute atomic E-state index is 0.221. The molecule has 1 fully saturated rings. The summed E-state index contributed by atoms with van der Waals surface area (Å²) in [6, 6.07) is 15.7. The smallest absolute Gasteiger partial charge is 0.0895 e. The maximum absolute atomic E-state index is 6.19. The zero-order valence-electron chi connectivity index (χ0n) is 12.7. The van der Waals surface area contributed by atoms with Gasteiger partial charge in [-0.1, -0.05) is 45.8 Å². The Kier molecular flexibility index (Phi) is 3.71. The molecule has 2 aromatic rings. The number of hydrogen-bond acceptors (Lipinski definition) is 2. The van der Waals surface area contributed by atoms with Gasteiger partial charge in [-0.3, -0.25) is 0 Å². The van der Waals surface area contributed by atoms with E-state index in [0.717, 1.165) is 17.5 Å². The summed E-state index contributed by atoms with van der Waals surface area (Å²) in [6.45, 7) is 3.03. The SMILES string of the molecule is Cc1ccc2c(c1)[C@H]1OCCC[C@H]1C(c1ccc(Br)cc1)N2. The van der Waals surface area contributed by atoms with Crippen LogP contribution in [-0.2, 0) is 4.74 Å². The van der Waals surface area contributed by atoms with Crippen molar-refractivity contribution in [2.24, 2.45) is 5.92 Å². The highest BCUT2D eigenvalue weighted by Crippen LogP contribution is 2.49. The van der Waals surface area contributed by atoms with Crippen LogP contribution in [0, 0.1) is 12.8 Å². The fraction of sp³-hybridized carbons (Fsp3) is 0.368. The summed E-state index contributed by atoms with van der Waals surface area (Å²) in [5.74, 6) is 0.504. The fourth-order valence-corrected chi connectivity index (χ4v) is 4.05. The van der Waals surface area contributed by atoms with E-state index in [2.05, 4.69) is 70.6 Å². The van der Waals surface area contributed by atoms with E-state index in [4.69, 9.17) is 4.74 Å². The largest absolute Gasteiger partial charge is 0.378 e. The van der Waals surface area contributed by atoms with Crippen molar-refractivity contribution >= 4 is 21.6 Å². The lowest BCUT2D eigenvalue weighted by Crippen LogP contribution is -2.36. The van der Waals surface area contributed by atoms with Gasteiger partial charge in [0.2, 0.25) is 0 Å². The molecule has 0 spiro atoms. The van der Waals surface area contributed by atoms with Crippen LogP contribution in [0.5, 0.6) is 0 Å². The quantitative estimate of drug-likeness (QED) is 0.738. The monoisotopic (exact) mass is 357 g/mol. The van der Waals surface area contributed by atoms with Crippen molar-refractivity contribution in [3.63, 3.8) is 0 Å². The summed E-state index contributed by atoms with van der Waals surface area (Å²) in [4.78, 5) is 0. The first-order valence-electron chi connectivity index (χ1n) is 7.96. The van der Waals surface area contributed by atoms with Crippen LogP contribution in [0.2, 0.25) is 0 Å². The second kappa shape index (κ2) is 5.71. The van der Waals surface area contributed by atoms with Crippen LogP contribution in [-0.4, -0.2) is 6.61 Å². The predicted molar refractivity (Wildman–Crippen MR) is 93.1 cm³/mol. The molecule has 2 aliphatic heterocycles. The van der Waals surface area contributed by atoms with Gasteiger partial charge in [0.05, 0.1) is 12.1 Å². The van der Waals surface area contributed by atoms with Crippen LogP contribution in [0.25, 0.3) is 0 Å². The third kappa shape index (κ3) is 2.46. The summed E-state index contributed by atoms with van der Waals surface area (Å²) in [5.41, 5.74) is 5.20. The van der Waals surface area contributed by atoms with Gasteiger partial charge < -0.3 is 10.1 Å². The first-order chi connectivity index (χ1) is 10.7. The molecule has 1 N–H and O–H groups in total. The molecule has 2 aromatic carbocycles. The van der Waals surface area contributed by atoms with Crippen LogP contribution >= 0.6 is 15.9 Å². The van der Waals surface area contributed by atoms with Gasteiger partial charge in [0.15, 0.2) is 0 Å². The van der Waals surface area contributed by atoms with Gasteiger partial charge in [-0.15, -0.1) is 0 Å². The Morgan fingerprint density at radius 2 is 1.95 bits per heavy atom. The summed E-state index contributed by atoms with van der Waals surface area (Å²) in [5, 5.41) is 3.76. The molecule has 0 bridgehead atoms. The lowest BCUT2D eigenvalue weighted by Gasteiger charge is -2.43. The Bertz CT molecular complexity index is 682. The Balaban J connectivity index is 1.77. The van der Waals surface area contributed by atoms with Crippen LogP contribution in [0.4, 0.5) is 5.69 Å². The number of halogens is 1. The summed E-state index contributed by atoms with van der Waals surface area (Å²) >= 11 is 3.53. The maximum atomic E-state index is 6.19. The van der Waals surface area contributed by atoms with Gasteiger partial charge in [-0.25, -0.2) is 0 Å². The second-order valence-electron chi connectivity index (χ2n) is 6.36. The van der Waals surface area contributed by atoms with Gasteiger partial charge >= 0.3 is 0 Å². The van der Waals surface area contributed by atoms with E-state index in [1.54, 1.807) is 0 Å². The van der Waals surface area contributed by atoms with Crippen LogP contribution in [0.1, 0.15) is 41.7 Å². The molecule has 0 aliphatic carbocycles. The Morgan fingerprint density at radius 1 is 1.14 bits per heavy atom. The molecular weight excluding hydrogens is 338 g/mol. The number of benzene rings is 2. The third-order valence-electron chi connectivity index (χ3n) is 4.85. The molecule has 0 aromatic heterocycles. The molecule has 2 heterocycles. The first-order valence-corrected chi connectivity index (χ1v) is 8.76. The average Bonchev–Trinajstić information content (AvgIpc) is 2.55. The molecule has 3 heteroatoms. The van der Waals surface area contributed by atoms with Gasteiger partial charge in [0.1, 0.15) is 0 Å². The number of aryl methyl sites for hydroxylation is 1. The zero-order chi connectivity index (χ0) is 15.1. The molecule has 4 rings (SSSR count). The van der Waals surface area contributed by atoms with Crippen LogP contribution in [0.15, 0.2) is 46.9 Å². The van der Waals surface area contributed by atoms with E-state index in [-0.39, 0.29) is 6.10 Å². The normalized spacial score (nSPS) is 26.7. The molecule has 0 saturated carbocycles. The molecule has 3 atom stereocenters. The minimum Gasteiger partial charge on any atom is -0.378 e. The molecule has 22 heavy (non-hydrogen) atoms. The Hall–Kier alpha value is -1.32. The third-order valence-corrected chi connectivity index (χ3v) is 5.38. The predicted octanol–water partition coefficient (Wildman–Crippen LogP) is 5.39. The standard InChI is InChI=1S/C19H20BrNO/c1-12-4-9-17-16(11-12)19-15(3-2-10-22-19)18(21-17)13-5-7-14(20)8-6-13/h4-9,11,15,18-19,21H,2-3,10H2,1H3/t15-,18?,19-/m0/s1. The number of anilines is 1. The highest BCUT2D eigenvalue weighted by Gasteiger charge is 2.39. The van der Waals surface area contributed by atoms with Gasteiger partial charge in [0, 0.05) is 28.2 Å². The zero-order valence-corrected chi connectivity index (χ0v) is 14.3. The van der Waals surface area contributed by atoms with Crippen molar-refractivity contribution in [1.82, 2.24) is 0 Å². The number of rotatable bonds is 1.